The van der Waals surface area contributed by atoms with Crippen LogP contribution in [0.15, 0.2) is 76.5 Å². The van der Waals surface area contributed by atoms with Crippen molar-refractivity contribution in [3.8, 4) is 17.1 Å². The van der Waals surface area contributed by atoms with Crippen LogP contribution in [0.25, 0.3) is 17.1 Å². The summed E-state index contributed by atoms with van der Waals surface area (Å²) in [5.41, 5.74) is 3.07. The van der Waals surface area contributed by atoms with E-state index in [0.717, 1.165) is 17.0 Å². The number of aromatic nitrogens is 3. The van der Waals surface area contributed by atoms with Gasteiger partial charge in [-0.2, -0.15) is 0 Å². The molecule has 0 spiro atoms. The summed E-state index contributed by atoms with van der Waals surface area (Å²) in [6.45, 7) is 3.76. The minimum Gasteiger partial charge on any atom is -0.469 e. The molecule has 0 radical (unpaired) electrons. The molecule has 0 aliphatic carbocycles. The molecule has 2 aromatic heterocycles. The fourth-order valence-electron chi connectivity index (χ4n) is 4.13. The summed E-state index contributed by atoms with van der Waals surface area (Å²) in [5.74, 6) is 1.32. The zero-order chi connectivity index (χ0) is 23.7. The molecule has 1 aliphatic rings. The second kappa shape index (κ2) is 9.18. The van der Waals surface area contributed by atoms with E-state index in [1.807, 2.05) is 79.1 Å². The fourth-order valence-corrected chi connectivity index (χ4v) is 4.94. The van der Waals surface area contributed by atoms with Crippen LogP contribution in [0.2, 0.25) is 0 Å². The van der Waals surface area contributed by atoms with Gasteiger partial charge in [-0.15, -0.1) is 10.2 Å². The van der Waals surface area contributed by atoms with Crippen LogP contribution >= 0.6 is 11.8 Å². The highest BCUT2D eigenvalue weighted by Crippen LogP contribution is 2.34. The number of hydrogen-bond donors (Lipinski definition) is 1. The number of nitrogens with one attached hydrogen (secondary N) is 1. The molecule has 5 rings (SSSR count). The van der Waals surface area contributed by atoms with Crippen molar-refractivity contribution in [2.75, 3.05) is 16.0 Å². The van der Waals surface area contributed by atoms with Crippen LogP contribution < -0.4 is 10.2 Å². The lowest BCUT2D eigenvalue weighted by molar-refractivity contribution is -0.117. The average molecular weight is 474 g/mol. The Morgan fingerprint density at radius 2 is 1.88 bits per heavy atom. The summed E-state index contributed by atoms with van der Waals surface area (Å²) in [7, 11) is 0. The topological polar surface area (TPSA) is 93.3 Å². The van der Waals surface area contributed by atoms with Gasteiger partial charge < -0.3 is 14.6 Å². The highest BCUT2D eigenvalue weighted by molar-refractivity contribution is 7.99. The number of carbonyl (C=O) groups excluding carboxylic acids is 2. The Morgan fingerprint density at radius 3 is 2.65 bits per heavy atom. The average Bonchev–Trinajstić information content (AvgIpc) is 3.41. The molecule has 0 bridgehead atoms. The molecule has 1 N–H and O–H groups in total. The summed E-state index contributed by atoms with van der Waals surface area (Å²) >= 11 is 1.31. The maximum absolute atomic E-state index is 13.4. The van der Waals surface area contributed by atoms with Gasteiger partial charge in [-0.1, -0.05) is 42.1 Å². The standard InChI is InChI=1S/C25H23N5O3S/c1-16-14-22(31)26-20-10-6-7-11-21(20)29(16)23(32)15-34-25-28-27-24(19-12-13-33-17(19)2)30(25)18-8-4-3-5-9-18/h3-13,16H,14-15H2,1-2H3,(H,26,31)/t16-/m1/s1. The highest BCUT2D eigenvalue weighted by atomic mass is 32.2. The van der Waals surface area contributed by atoms with E-state index >= 15 is 0 Å². The molecule has 0 unspecified atom stereocenters. The first-order valence-electron chi connectivity index (χ1n) is 10.9. The number of hydrogen-bond acceptors (Lipinski definition) is 6. The van der Waals surface area contributed by atoms with Crippen LogP contribution in [-0.4, -0.2) is 38.4 Å². The van der Waals surface area contributed by atoms with Gasteiger partial charge in [0.2, 0.25) is 11.8 Å². The lowest BCUT2D eigenvalue weighted by Gasteiger charge is -2.27. The molecule has 0 fully saturated rings. The van der Waals surface area contributed by atoms with Crippen molar-refractivity contribution in [3.63, 3.8) is 0 Å². The number of fused-ring (bicyclic) bond motifs is 1. The van der Waals surface area contributed by atoms with Gasteiger partial charge in [0.1, 0.15) is 5.76 Å². The Labute approximate surface area is 201 Å². The van der Waals surface area contributed by atoms with E-state index in [9.17, 15) is 9.59 Å². The SMILES string of the molecule is Cc1occc1-c1nnc(SCC(=O)N2c3ccccc3NC(=O)C[C@H]2C)n1-c1ccccc1. The Morgan fingerprint density at radius 1 is 1.12 bits per heavy atom. The lowest BCUT2D eigenvalue weighted by atomic mass is 10.2. The Kier molecular flexibility index (Phi) is 5.93. The molecule has 172 valence electrons. The van der Waals surface area contributed by atoms with Gasteiger partial charge >= 0.3 is 0 Å². The van der Waals surface area contributed by atoms with Gasteiger partial charge in [-0.3, -0.25) is 14.2 Å². The number of carbonyl (C=O) groups is 2. The minimum atomic E-state index is -0.270. The molecule has 3 heterocycles. The first-order chi connectivity index (χ1) is 16.5. The van der Waals surface area contributed by atoms with Gasteiger partial charge in [0.05, 0.1) is 29.0 Å². The van der Waals surface area contributed by atoms with Crippen molar-refractivity contribution in [1.29, 1.82) is 0 Å². The first kappa shape index (κ1) is 22.0. The number of para-hydroxylation sites is 3. The molecule has 2 aromatic carbocycles. The van der Waals surface area contributed by atoms with E-state index in [1.165, 1.54) is 11.8 Å². The third kappa shape index (κ3) is 4.10. The van der Waals surface area contributed by atoms with Crippen LogP contribution in [0.1, 0.15) is 19.1 Å². The van der Waals surface area contributed by atoms with E-state index in [4.69, 9.17) is 4.42 Å². The predicted molar refractivity (Wildman–Crippen MR) is 131 cm³/mol. The number of amides is 2. The molecule has 4 aromatic rings. The number of thioether (sulfide) groups is 1. The molecule has 0 saturated carbocycles. The molecule has 9 heteroatoms. The third-order valence-electron chi connectivity index (χ3n) is 5.70. The van der Waals surface area contributed by atoms with Crippen LogP contribution in [0.5, 0.6) is 0 Å². The van der Waals surface area contributed by atoms with E-state index < -0.39 is 0 Å². The number of aryl methyl sites for hydroxylation is 1. The Balaban J connectivity index is 1.46. The van der Waals surface area contributed by atoms with Gasteiger partial charge in [0.25, 0.3) is 0 Å². The van der Waals surface area contributed by atoms with Crippen molar-refractivity contribution in [3.05, 3.63) is 72.7 Å². The van der Waals surface area contributed by atoms with Crippen molar-refractivity contribution in [1.82, 2.24) is 14.8 Å². The van der Waals surface area contributed by atoms with Crippen LogP contribution in [-0.2, 0) is 9.59 Å². The maximum Gasteiger partial charge on any atom is 0.237 e. The van der Waals surface area contributed by atoms with Gasteiger partial charge in [-0.05, 0) is 44.2 Å². The van der Waals surface area contributed by atoms with Gasteiger partial charge in [0.15, 0.2) is 11.0 Å². The fraction of sp³-hybridized carbons (Fsp3) is 0.200. The second-order valence-corrected chi connectivity index (χ2v) is 8.98. The van der Waals surface area contributed by atoms with Gasteiger partial charge in [0, 0.05) is 18.2 Å². The lowest BCUT2D eigenvalue weighted by Crippen LogP contribution is -2.40. The van der Waals surface area contributed by atoms with E-state index in [-0.39, 0.29) is 30.0 Å². The smallest absolute Gasteiger partial charge is 0.237 e. The summed E-state index contributed by atoms with van der Waals surface area (Å²) in [6.07, 6.45) is 1.85. The largest absolute Gasteiger partial charge is 0.469 e. The van der Waals surface area contributed by atoms with Crippen molar-refractivity contribution >= 4 is 35.0 Å². The Hall–Kier alpha value is -3.85. The summed E-state index contributed by atoms with van der Waals surface area (Å²) in [6, 6.07) is 18.7. The van der Waals surface area contributed by atoms with Crippen LogP contribution in [0.3, 0.4) is 0 Å². The highest BCUT2D eigenvalue weighted by Gasteiger charge is 2.30. The molecule has 2 amide bonds. The molecule has 34 heavy (non-hydrogen) atoms. The van der Waals surface area contributed by atoms with Crippen molar-refractivity contribution < 1.29 is 14.0 Å². The molecule has 1 aliphatic heterocycles. The number of rotatable bonds is 5. The quantitative estimate of drug-likeness (QED) is 0.423. The zero-order valence-electron chi connectivity index (χ0n) is 18.8. The normalized spacial score (nSPS) is 15.5. The van der Waals surface area contributed by atoms with E-state index in [1.54, 1.807) is 11.2 Å². The predicted octanol–water partition coefficient (Wildman–Crippen LogP) is 4.69. The maximum atomic E-state index is 13.4. The zero-order valence-corrected chi connectivity index (χ0v) is 19.6. The van der Waals surface area contributed by atoms with Crippen LogP contribution in [0, 0.1) is 6.92 Å². The molecule has 0 saturated heterocycles. The summed E-state index contributed by atoms with van der Waals surface area (Å²) in [5, 5.41) is 12.3. The number of furan rings is 1. The molecule has 1 atom stereocenters. The minimum absolute atomic E-state index is 0.105. The molecular formula is C25H23N5O3S. The second-order valence-electron chi connectivity index (χ2n) is 8.04. The monoisotopic (exact) mass is 473 g/mol. The summed E-state index contributed by atoms with van der Waals surface area (Å²) in [4.78, 5) is 27.4. The molecule has 8 nitrogen and oxygen atoms in total. The van der Waals surface area contributed by atoms with Crippen LogP contribution in [0.4, 0.5) is 11.4 Å². The van der Waals surface area contributed by atoms with Gasteiger partial charge in [-0.25, -0.2) is 0 Å². The first-order valence-corrected chi connectivity index (χ1v) is 11.9. The summed E-state index contributed by atoms with van der Waals surface area (Å²) < 4.78 is 7.41. The van der Waals surface area contributed by atoms with E-state index in [2.05, 4.69) is 15.5 Å². The van der Waals surface area contributed by atoms with Crippen molar-refractivity contribution in [2.24, 2.45) is 0 Å². The third-order valence-corrected chi connectivity index (χ3v) is 6.61. The number of nitrogens with zero attached hydrogens (tertiary/aromatic N) is 4. The Bertz CT molecular complexity index is 1350. The molecular weight excluding hydrogens is 450 g/mol. The number of anilines is 2. The van der Waals surface area contributed by atoms with Crippen molar-refractivity contribution in [2.45, 2.75) is 31.5 Å². The number of benzene rings is 2. The van der Waals surface area contributed by atoms with E-state index in [0.29, 0.717) is 22.4 Å².